The van der Waals surface area contributed by atoms with Crippen molar-refractivity contribution in [3.8, 4) is 5.75 Å². The van der Waals surface area contributed by atoms with E-state index in [-0.39, 0.29) is 5.76 Å². The molecule has 0 radical (unpaired) electrons. The molecule has 1 N–H and O–H groups in total. The van der Waals surface area contributed by atoms with Crippen molar-refractivity contribution < 1.29 is 23.5 Å². The molecule has 0 spiro atoms. The molecule has 0 aliphatic carbocycles. The van der Waals surface area contributed by atoms with E-state index in [4.69, 9.17) is 13.9 Å². The summed E-state index contributed by atoms with van der Waals surface area (Å²) in [5.74, 6) is -0.336. The average Bonchev–Trinajstić information content (AvgIpc) is 2.98. The van der Waals surface area contributed by atoms with Crippen LogP contribution < -0.4 is 10.1 Å². The highest BCUT2D eigenvalue weighted by Crippen LogP contribution is 2.29. The Hall–Kier alpha value is -3.28. The lowest BCUT2D eigenvalue weighted by atomic mass is 10.1. The SMILES string of the molecule is COc1ccc2oc(C(=O)OCC(=O)Nc3c(C)cc(C)cc3C)c(C)c2c1. The lowest BCUT2D eigenvalue weighted by Gasteiger charge is -2.12. The van der Waals surface area contributed by atoms with Gasteiger partial charge in [0.25, 0.3) is 5.91 Å². The Morgan fingerprint density at radius 3 is 2.36 bits per heavy atom. The number of carbonyl (C=O) groups is 2. The van der Waals surface area contributed by atoms with Gasteiger partial charge in [-0.3, -0.25) is 4.79 Å². The third-order valence-corrected chi connectivity index (χ3v) is 4.60. The maximum absolute atomic E-state index is 12.4. The van der Waals surface area contributed by atoms with E-state index >= 15 is 0 Å². The maximum Gasteiger partial charge on any atom is 0.375 e. The molecule has 1 heterocycles. The number of esters is 1. The first-order chi connectivity index (χ1) is 13.3. The molecule has 1 aromatic heterocycles. The standard InChI is InChI=1S/C22H23NO5/c1-12-8-13(2)20(14(3)9-12)23-19(24)11-27-22(25)21-15(4)17-10-16(26-5)6-7-18(17)28-21/h6-10H,11H2,1-5H3,(H,23,24). The van der Waals surface area contributed by atoms with Gasteiger partial charge in [-0.25, -0.2) is 4.79 Å². The van der Waals surface area contributed by atoms with Gasteiger partial charge in [0, 0.05) is 16.6 Å². The highest BCUT2D eigenvalue weighted by atomic mass is 16.5. The van der Waals surface area contributed by atoms with Crippen molar-refractivity contribution in [2.75, 3.05) is 19.0 Å². The zero-order chi connectivity index (χ0) is 20.4. The van der Waals surface area contributed by atoms with Crippen LogP contribution in [-0.4, -0.2) is 25.6 Å². The zero-order valence-electron chi connectivity index (χ0n) is 16.6. The molecule has 146 valence electrons. The summed E-state index contributed by atoms with van der Waals surface area (Å²) in [4.78, 5) is 24.6. The Balaban J connectivity index is 1.70. The number of carbonyl (C=O) groups excluding carboxylic acids is 2. The van der Waals surface area contributed by atoms with E-state index in [0.717, 1.165) is 27.8 Å². The molecule has 2 aromatic carbocycles. The van der Waals surface area contributed by atoms with E-state index in [9.17, 15) is 9.59 Å². The first-order valence-corrected chi connectivity index (χ1v) is 8.92. The van der Waals surface area contributed by atoms with Gasteiger partial charge in [-0.1, -0.05) is 17.7 Å². The van der Waals surface area contributed by atoms with E-state index in [1.165, 1.54) is 0 Å². The largest absolute Gasteiger partial charge is 0.497 e. The van der Waals surface area contributed by atoms with Gasteiger partial charge in [0.05, 0.1) is 7.11 Å². The number of amides is 1. The van der Waals surface area contributed by atoms with Crippen LogP contribution in [0.15, 0.2) is 34.7 Å². The molecule has 0 fully saturated rings. The summed E-state index contributed by atoms with van der Waals surface area (Å²) in [6, 6.07) is 9.25. The molecule has 3 aromatic rings. The third kappa shape index (κ3) is 3.86. The van der Waals surface area contributed by atoms with Crippen molar-refractivity contribution >= 4 is 28.5 Å². The zero-order valence-corrected chi connectivity index (χ0v) is 16.6. The van der Waals surface area contributed by atoms with Crippen LogP contribution in [0, 0.1) is 27.7 Å². The van der Waals surface area contributed by atoms with Gasteiger partial charge in [-0.2, -0.15) is 0 Å². The summed E-state index contributed by atoms with van der Waals surface area (Å²) in [6.07, 6.45) is 0. The second kappa shape index (κ2) is 7.76. The van der Waals surface area contributed by atoms with Crippen LogP contribution in [0.2, 0.25) is 0 Å². The fraction of sp³-hybridized carbons (Fsp3) is 0.273. The smallest absolute Gasteiger partial charge is 0.375 e. The van der Waals surface area contributed by atoms with E-state index in [0.29, 0.717) is 16.9 Å². The molecule has 0 saturated heterocycles. The molecule has 6 heteroatoms. The number of aryl methyl sites for hydroxylation is 4. The van der Waals surface area contributed by atoms with E-state index in [2.05, 4.69) is 5.32 Å². The van der Waals surface area contributed by atoms with E-state index in [1.807, 2.05) is 32.9 Å². The number of furan rings is 1. The Morgan fingerprint density at radius 1 is 1.04 bits per heavy atom. The summed E-state index contributed by atoms with van der Waals surface area (Å²) in [5.41, 5.74) is 4.97. The summed E-state index contributed by atoms with van der Waals surface area (Å²) < 4.78 is 16.0. The van der Waals surface area contributed by atoms with Crippen molar-refractivity contribution in [3.05, 3.63) is 58.3 Å². The lowest BCUT2D eigenvalue weighted by Crippen LogP contribution is -2.22. The second-order valence-corrected chi connectivity index (χ2v) is 6.82. The topological polar surface area (TPSA) is 77.8 Å². The van der Waals surface area contributed by atoms with Crippen LogP contribution in [0.25, 0.3) is 11.0 Å². The van der Waals surface area contributed by atoms with Gasteiger partial charge in [0.2, 0.25) is 5.76 Å². The van der Waals surface area contributed by atoms with Crippen LogP contribution in [-0.2, 0) is 9.53 Å². The molecular weight excluding hydrogens is 358 g/mol. The summed E-state index contributed by atoms with van der Waals surface area (Å²) in [6.45, 7) is 7.21. The Morgan fingerprint density at radius 2 is 1.71 bits per heavy atom. The highest BCUT2D eigenvalue weighted by molar-refractivity contribution is 5.99. The van der Waals surface area contributed by atoms with Crippen molar-refractivity contribution in [2.24, 2.45) is 0 Å². The first kappa shape index (κ1) is 19.5. The number of fused-ring (bicyclic) bond motifs is 1. The fourth-order valence-corrected chi connectivity index (χ4v) is 3.27. The molecule has 28 heavy (non-hydrogen) atoms. The monoisotopic (exact) mass is 381 g/mol. The van der Waals surface area contributed by atoms with Gasteiger partial charge < -0.3 is 19.2 Å². The third-order valence-electron chi connectivity index (χ3n) is 4.60. The Bertz CT molecular complexity index is 1040. The number of anilines is 1. The summed E-state index contributed by atoms with van der Waals surface area (Å²) in [7, 11) is 1.57. The van der Waals surface area contributed by atoms with Gasteiger partial charge in [-0.15, -0.1) is 0 Å². The average molecular weight is 381 g/mol. The molecule has 0 aliphatic rings. The normalized spacial score (nSPS) is 10.8. The predicted octanol–water partition coefficient (Wildman–Crippen LogP) is 4.47. The molecule has 1 amide bonds. The fourth-order valence-electron chi connectivity index (χ4n) is 3.27. The first-order valence-electron chi connectivity index (χ1n) is 8.92. The van der Waals surface area contributed by atoms with Crippen molar-refractivity contribution in [3.63, 3.8) is 0 Å². The minimum atomic E-state index is -0.680. The number of nitrogens with one attached hydrogen (secondary N) is 1. The molecule has 0 aliphatic heterocycles. The van der Waals surface area contributed by atoms with Gasteiger partial charge in [0.1, 0.15) is 11.3 Å². The van der Waals surface area contributed by atoms with Crippen LogP contribution in [0.3, 0.4) is 0 Å². The van der Waals surface area contributed by atoms with E-state index < -0.39 is 18.5 Å². The quantitative estimate of drug-likeness (QED) is 0.660. The predicted molar refractivity (Wildman–Crippen MR) is 107 cm³/mol. The number of methoxy groups -OCH3 is 1. The Labute approximate surface area is 163 Å². The van der Waals surface area contributed by atoms with Gasteiger partial charge in [0.15, 0.2) is 6.61 Å². The minimum Gasteiger partial charge on any atom is -0.497 e. The maximum atomic E-state index is 12.4. The van der Waals surface area contributed by atoms with Crippen molar-refractivity contribution in [1.82, 2.24) is 0 Å². The molecule has 0 unspecified atom stereocenters. The number of rotatable bonds is 5. The highest BCUT2D eigenvalue weighted by Gasteiger charge is 2.20. The molecule has 3 rings (SSSR count). The van der Waals surface area contributed by atoms with Crippen molar-refractivity contribution in [2.45, 2.75) is 27.7 Å². The number of hydrogen-bond acceptors (Lipinski definition) is 5. The second-order valence-electron chi connectivity index (χ2n) is 6.82. The number of hydrogen-bond donors (Lipinski definition) is 1. The van der Waals surface area contributed by atoms with Gasteiger partial charge >= 0.3 is 5.97 Å². The number of ether oxygens (including phenoxy) is 2. The summed E-state index contributed by atoms with van der Waals surface area (Å²) in [5, 5.41) is 3.57. The molecule has 0 bridgehead atoms. The van der Waals surface area contributed by atoms with Crippen LogP contribution in [0.5, 0.6) is 5.75 Å². The molecule has 0 saturated carbocycles. The van der Waals surface area contributed by atoms with Crippen LogP contribution >= 0.6 is 0 Å². The van der Waals surface area contributed by atoms with Gasteiger partial charge in [-0.05, 0) is 57.0 Å². The van der Waals surface area contributed by atoms with Crippen LogP contribution in [0.1, 0.15) is 32.8 Å². The summed E-state index contributed by atoms with van der Waals surface area (Å²) >= 11 is 0. The number of benzene rings is 2. The lowest BCUT2D eigenvalue weighted by molar-refractivity contribution is -0.119. The van der Waals surface area contributed by atoms with E-state index in [1.54, 1.807) is 32.2 Å². The molecule has 6 nitrogen and oxygen atoms in total. The minimum absolute atomic E-state index is 0.0822. The molecule has 0 atom stereocenters. The Kier molecular flexibility index (Phi) is 5.40. The van der Waals surface area contributed by atoms with Crippen molar-refractivity contribution in [1.29, 1.82) is 0 Å². The van der Waals surface area contributed by atoms with Crippen LogP contribution in [0.4, 0.5) is 5.69 Å². The molecular formula is C22H23NO5.